The van der Waals surface area contributed by atoms with Gasteiger partial charge in [-0.1, -0.05) is 187 Å². The molecule has 10 aromatic carbocycles. The molecule has 0 saturated heterocycles. The van der Waals surface area contributed by atoms with Gasteiger partial charge in [0.1, 0.15) is 11.2 Å². The van der Waals surface area contributed by atoms with Gasteiger partial charge >= 0.3 is 0 Å². The third-order valence-corrected chi connectivity index (χ3v) is 14.1. The van der Waals surface area contributed by atoms with E-state index in [1.807, 2.05) is 6.07 Å². The van der Waals surface area contributed by atoms with Crippen LogP contribution in [0, 0.1) is 10.8 Å². The highest BCUT2D eigenvalue weighted by molar-refractivity contribution is 6.27. The SMILES string of the molecule is CC(C)(C)C1(C(C)(C)C)c2cc(-c3c4ccccc4c(-c4ccc5oc6ccccc6c5c4)c4ccccc34)c3ccccc3c2-c2c1c1ccccc1c1ccccc21. The van der Waals surface area contributed by atoms with Crippen molar-refractivity contribution < 1.29 is 4.42 Å². The summed E-state index contributed by atoms with van der Waals surface area (Å²) in [4.78, 5) is 0. The Hall–Kier alpha value is -6.70. The van der Waals surface area contributed by atoms with Gasteiger partial charge in [-0.2, -0.15) is 0 Å². The number of fused-ring (bicyclic) bond motifs is 15. The fraction of sp³-hybridized carbons (Fsp3) is 0.153. The van der Waals surface area contributed by atoms with Crippen molar-refractivity contribution in [2.45, 2.75) is 47.0 Å². The maximum Gasteiger partial charge on any atom is 0.135 e. The molecular weight excluding hydrogens is 725 g/mol. The van der Waals surface area contributed by atoms with Gasteiger partial charge in [-0.25, -0.2) is 0 Å². The van der Waals surface area contributed by atoms with Gasteiger partial charge in [0.2, 0.25) is 0 Å². The molecular formula is C59H46O. The van der Waals surface area contributed by atoms with E-state index in [-0.39, 0.29) is 16.2 Å². The molecule has 11 aromatic rings. The van der Waals surface area contributed by atoms with Crippen LogP contribution in [0.4, 0.5) is 0 Å². The minimum absolute atomic E-state index is 0.153. The first-order valence-corrected chi connectivity index (χ1v) is 21.4. The summed E-state index contributed by atoms with van der Waals surface area (Å²) in [6.07, 6.45) is 0. The molecule has 0 N–H and O–H groups in total. The van der Waals surface area contributed by atoms with Gasteiger partial charge < -0.3 is 4.42 Å². The Balaban J connectivity index is 1.26. The van der Waals surface area contributed by atoms with Gasteiger partial charge in [0.15, 0.2) is 0 Å². The fourth-order valence-corrected chi connectivity index (χ4v) is 12.4. The van der Waals surface area contributed by atoms with Gasteiger partial charge in [-0.05, 0) is 133 Å². The summed E-state index contributed by atoms with van der Waals surface area (Å²) < 4.78 is 6.31. The van der Waals surface area contributed by atoms with Crippen LogP contribution in [0.3, 0.4) is 0 Å². The van der Waals surface area contributed by atoms with E-state index < -0.39 is 0 Å². The monoisotopic (exact) mass is 770 g/mol. The molecule has 1 nitrogen and oxygen atoms in total. The van der Waals surface area contributed by atoms with Crippen LogP contribution in [0.15, 0.2) is 174 Å². The highest BCUT2D eigenvalue weighted by atomic mass is 16.3. The molecule has 288 valence electrons. The predicted octanol–water partition coefficient (Wildman–Crippen LogP) is 17.0. The van der Waals surface area contributed by atoms with E-state index in [2.05, 4.69) is 205 Å². The zero-order valence-electron chi connectivity index (χ0n) is 35.1. The fourth-order valence-electron chi connectivity index (χ4n) is 12.4. The van der Waals surface area contributed by atoms with E-state index in [1.54, 1.807) is 0 Å². The molecule has 0 bridgehead atoms. The molecule has 1 heteroatoms. The third kappa shape index (κ3) is 4.48. The lowest BCUT2D eigenvalue weighted by Crippen LogP contribution is -2.50. The molecule has 1 aliphatic carbocycles. The predicted molar refractivity (Wildman–Crippen MR) is 257 cm³/mol. The van der Waals surface area contributed by atoms with E-state index in [1.165, 1.54) is 98.4 Å². The minimum Gasteiger partial charge on any atom is -0.456 e. The first-order chi connectivity index (χ1) is 29.1. The molecule has 0 radical (unpaired) electrons. The van der Waals surface area contributed by atoms with E-state index in [0.29, 0.717) is 0 Å². The highest BCUT2D eigenvalue weighted by Crippen LogP contribution is 2.69. The number of rotatable bonds is 2. The van der Waals surface area contributed by atoms with Gasteiger partial charge in [-0.3, -0.25) is 0 Å². The lowest BCUT2D eigenvalue weighted by Gasteiger charge is -2.53. The lowest BCUT2D eigenvalue weighted by molar-refractivity contribution is 0.0965. The Labute approximate surface area is 350 Å². The molecule has 0 saturated carbocycles. The average Bonchev–Trinajstić information content (AvgIpc) is 3.80. The zero-order valence-corrected chi connectivity index (χ0v) is 35.1. The molecule has 0 amide bonds. The topological polar surface area (TPSA) is 13.1 Å². The quantitative estimate of drug-likeness (QED) is 0.126. The lowest BCUT2D eigenvalue weighted by atomic mass is 9.49. The molecule has 0 aliphatic heterocycles. The van der Waals surface area contributed by atoms with Crippen molar-refractivity contribution in [1.82, 2.24) is 0 Å². The standard InChI is InChI=1S/C59H46O/c1-57(2,3)59(58(4,5)6)49-34-48(38-21-8-10-23-40(38)54(49)55-41-24-11-7-19-36(41)37-20-9-16-29-46(37)56(55)59)53-44-27-14-12-25-42(44)52(43-26-13-15-28-45(43)53)35-31-32-51-47(33-35)39-22-17-18-30-50(39)60-51/h7-34H,1-6H3. The van der Waals surface area contributed by atoms with Gasteiger partial charge in [0.25, 0.3) is 0 Å². The van der Waals surface area contributed by atoms with Crippen LogP contribution < -0.4 is 0 Å². The maximum atomic E-state index is 6.31. The number of para-hydroxylation sites is 1. The van der Waals surface area contributed by atoms with Crippen LogP contribution in [-0.2, 0) is 5.41 Å². The molecule has 60 heavy (non-hydrogen) atoms. The Kier molecular flexibility index (Phi) is 7.16. The number of hydrogen-bond donors (Lipinski definition) is 0. The van der Waals surface area contributed by atoms with Crippen molar-refractivity contribution in [2.75, 3.05) is 0 Å². The Morgan fingerprint density at radius 3 is 1.32 bits per heavy atom. The van der Waals surface area contributed by atoms with Crippen molar-refractivity contribution in [3.05, 3.63) is 181 Å². The first kappa shape index (κ1) is 35.3. The summed E-state index contributed by atoms with van der Waals surface area (Å²) in [5.74, 6) is 0. The Morgan fingerprint density at radius 1 is 0.333 bits per heavy atom. The number of hydrogen-bond acceptors (Lipinski definition) is 1. The smallest absolute Gasteiger partial charge is 0.135 e. The van der Waals surface area contributed by atoms with Crippen molar-refractivity contribution in [3.8, 4) is 33.4 Å². The summed E-state index contributed by atoms with van der Waals surface area (Å²) in [6, 6.07) is 63.5. The van der Waals surface area contributed by atoms with Crippen molar-refractivity contribution >= 4 is 75.8 Å². The normalized spacial score (nSPS) is 14.0. The third-order valence-electron chi connectivity index (χ3n) is 14.1. The largest absolute Gasteiger partial charge is 0.456 e. The van der Waals surface area contributed by atoms with Crippen molar-refractivity contribution in [2.24, 2.45) is 10.8 Å². The molecule has 0 fully saturated rings. The molecule has 12 rings (SSSR count). The van der Waals surface area contributed by atoms with E-state index >= 15 is 0 Å². The average molecular weight is 771 g/mol. The van der Waals surface area contributed by atoms with Crippen LogP contribution in [0.2, 0.25) is 0 Å². The second kappa shape index (κ2) is 12.2. The van der Waals surface area contributed by atoms with E-state index in [9.17, 15) is 0 Å². The summed E-state index contributed by atoms with van der Waals surface area (Å²) in [5, 5.41) is 15.3. The summed E-state index contributed by atoms with van der Waals surface area (Å²) in [5.41, 5.74) is 11.9. The molecule has 0 atom stereocenters. The molecule has 1 heterocycles. The number of benzene rings is 10. The van der Waals surface area contributed by atoms with E-state index in [0.717, 1.165) is 21.9 Å². The van der Waals surface area contributed by atoms with Crippen LogP contribution >= 0.6 is 0 Å². The van der Waals surface area contributed by atoms with Crippen LogP contribution in [0.25, 0.3) is 109 Å². The van der Waals surface area contributed by atoms with E-state index in [4.69, 9.17) is 4.42 Å². The van der Waals surface area contributed by atoms with Gasteiger partial charge in [0, 0.05) is 16.2 Å². The highest BCUT2D eigenvalue weighted by Gasteiger charge is 2.59. The summed E-state index contributed by atoms with van der Waals surface area (Å²) >= 11 is 0. The minimum atomic E-state index is -0.346. The first-order valence-electron chi connectivity index (χ1n) is 21.4. The van der Waals surface area contributed by atoms with Crippen LogP contribution in [0.1, 0.15) is 52.7 Å². The summed E-state index contributed by atoms with van der Waals surface area (Å²) in [7, 11) is 0. The molecule has 0 unspecified atom stereocenters. The van der Waals surface area contributed by atoms with Crippen molar-refractivity contribution in [3.63, 3.8) is 0 Å². The van der Waals surface area contributed by atoms with Gasteiger partial charge in [0.05, 0.1) is 0 Å². The second-order valence-corrected chi connectivity index (χ2v) is 19.1. The molecule has 0 spiro atoms. The zero-order chi connectivity index (χ0) is 40.7. The van der Waals surface area contributed by atoms with Crippen LogP contribution in [-0.4, -0.2) is 0 Å². The summed E-state index contributed by atoms with van der Waals surface area (Å²) in [6.45, 7) is 14.9. The molecule has 1 aliphatic rings. The maximum absolute atomic E-state index is 6.31. The second-order valence-electron chi connectivity index (χ2n) is 19.1. The Bertz CT molecular complexity index is 3550. The molecule has 1 aromatic heterocycles. The van der Waals surface area contributed by atoms with Gasteiger partial charge in [-0.15, -0.1) is 0 Å². The van der Waals surface area contributed by atoms with Crippen molar-refractivity contribution in [1.29, 1.82) is 0 Å². The number of furan rings is 1. The Morgan fingerprint density at radius 2 is 0.750 bits per heavy atom. The van der Waals surface area contributed by atoms with Crippen LogP contribution in [0.5, 0.6) is 0 Å².